The lowest BCUT2D eigenvalue weighted by Gasteiger charge is -2.09. The Morgan fingerprint density at radius 1 is 0.917 bits per heavy atom. The van der Waals surface area contributed by atoms with Crippen LogP contribution in [0.4, 0.5) is 4.79 Å². The number of amides is 2. The van der Waals surface area contributed by atoms with E-state index >= 15 is 0 Å². The topological polar surface area (TPSA) is 67.4 Å². The van der Waals surface area contributed by atoms with Gasteiger partial charge in [-0.15, -0.1) is 0 Å². The summed E-state index contributed by atoms with van der Waals surface area (Å²) in [7, 11) is -0.987. The lowest BCUT2D eigenvalue weighted by Crippen LogP contribution is -2.39. The molecule has 6 heteroatoms. The van der Waals surface area contributed by atoms with Crippen molar-refractivity contribution in [3.63, 3.8) is 0 Å². The minimum atomic E-state index is -0.987. The zero-order valence-corrected chi connectivity index (χ0v) is 14.3. The van der Waals surface area contributed by atoms with Gasteiger partial charge in [-0.25, -0.2) is 4.79 Å². The van der Waals surface area contributed by atoms with Crippen LogP contribution in [0.5, 0.6) is 5.75 Å². The molecule has 2 aromatic rings. The number of ether oxygens (including phenoxy) is 1. The number of hydrogen-bond donors (Lipinski definition) is 2. The highest BCUT2D eigenvalue weighted by molar-refractivity contribution is 7.84. The lowest BCUT2D eigenvalue weighted by molar-refractivity contribution is 0.237. The van der Waals surface area contributed by atoms with E-state index in [1.165, 1.54) is 0 Å². The van der Waals surface area contributed by atoms with Gasteiger partial charge in [0.25, 0.3) is 0 Å². The number of carbonyl (C=O) groups is 1. The third kappa shape index (κ3) is 7.28. The molecule has 0 saturated carbocycles. The molecule has 0 fully saturated rings. The van der Waals surface area contributed by atoms with Crippen LogP contribution < -0.4 is 15.4 Å². The van der Waals surface area contributed by atoms with E-state index in [0.29, 0.717) is 31.2 Å². The average Bonchev–Trinajstić information content (AvgIpc) is 2.60. The Kier molecular flexibility index (Phi) is 7.83. The molecule has 0 aromatic heterocycles. The number of benzene rings is 2. The van der Waals surface area contributed by atoms with Gasteiger partial charge in [0.1, 0.15) is 12.4 Å². The fourth-order valence-electron chi connectivity index (χ4n) is 2.02. The predicted molar refractivity (Wildman–Crippen MR) is 96.5 cm³/mol. The van der Waals surface area contributed by atoms with Gasteiger partial charge in [0.05, 0.1) is 6.54 Å². The molecule has 0 aliphatic carbocycles. The van der Waals surface area contributed by atoms with Crippen LogP contribution >= 0.6 is 0 Å². The molecule has 1 atom stereocenters. The van der Waals surface area contributed by atoms with Gasteiger partial charge >= 0.3 is 6.03 Å². The van der Waals surface area contributed by atoms with Gasteiger partial charge < -0.3 is 15.4 Å². The van der Waals surface area contributed by atoms with E-state index in [0.717, 1.165) is 11.3 Å². The molecular formula is C18H22N2O3S. The summed E-state index contributed by atoms with van der Waals surface area (Å²) in [5.41, 5.74) is 1.04. The maximum absolute atomic E-state index is 11.9. The van der Waals surface area contributed by atoms with Crippen LogP contribution in [0.15, 0.2) is 60.7 Å². The summed E-state index contributed by atoms with van der Waals surface area (Å²) in [6, 6.07) is 18.8. The minimum absolute atomic E-state index is 0.275. The third-order valence-electron chi connectivity index (χ3n) is 3.19. The van der Waals surface area contributed by atoms with E-state index in [1.807, 2.05) is 60.7 Å². The SMILES string of the molecule is O=C(NCCOc1ccccc1)NCC[S@@](=O)Cc1ccccc1. The van der Waals surface area contributed by atoms with Crippen molar-refractivity contribution in [1.82, 2.24) is 10.6 Å². The first-order chi connectivity index (χ1) is 11.7. The second-order valence-corrected chi connectivity index (χ2v) is 6.69. The summed E-state index contributed by atoms with van der Waals surface area (Å²) < 4.78 is 17.4. The number of hydrogen-bond acceptors (Lipinski definition) is 3. The lowest BCUT2D eigenvalue weighted by atomic mass is 10.2. The van der Waals surface area contributed by atoms with Crippen LogP contribution in [-0.2, 0) is 16.6 Å². The van der Waals surface area contributed by atoms with Crippen molar-refractivity contribution in [2.24, 2.45) is 0 Å². The molecular weight excluding hydrogens is 324 g/mol. The van der Waals surface area contributed by atoms with Crippen LogP contribution in [-0.4, -0.2) is 35.7 Å². The molecule has 24 heavy (non-hydrogen) atoms. The van der Waals surface area contributed by atoms with Gasteiger partial charge in [0.2, 0.25) is 0 Å². The highest BCUT2D eigenvalue weighted by Gasteiger charge is 2.04. The first kappa shape index (κ1) is 18.0. The Morgan fingerprint density at radius 2 is 1.54 bits per heavy atom. The Bertz CT molecular complexity index is 635. The molecule has 0 heterocycles. The Hall–Kier alpha value is -2.34. The van der Waals surface area contributed by atoms with E-state index in [1.54, 1.807) is 0 Å². The molecule has 0 aliphatic heterocycles. The Morgan fingerprint density at radius 3 is 2.25 bits per heavy atom. The number of carbonyl (C=O) groups excluding carboxylic acids is 1. The molecule has 5 nitrogen and oxygen atoms in total. The van der Waals surface area contributed by atoms with Crippen LogP contribution in [0.1, 0.15) is 5.56 Å². The molecule has 0 bridgehead atoms. The maximum Gasteiger partial charge on any atom is 0.314 e. The normalized spacial score (nSPS) is 11.5. The highest BCUT2D eigenvalue weighted by atomic mass is 32.2. The Balaban J connectivity index is 1.52. The number of para-hydroxylation sites is 1. The quantitative estimate of drug-likeness (QED) is 0.685. The summed E-state index contributed by atoms with van der Waals surface area (Å²) in [4.78, 5) is 11.6. The number of urea groups is 1. The molecule has 2 rings (SSSR count). The molecule has 0 radical (unpaired) electrons. The fraction of sp³-hybridized carbons (Fsp3) is 0.278. The van der Waals surface area contributed by atoms with Gasteiger partial charge in [-0.05, 0) is 17.7 Å². The van der Waals surface area contributed by atoms with Crippen molar-refractivity contribution >= 4 is 16.8 Å². The highest BCUT2D eigenvalue weighted by Crippen LogP contribution is 2.07. The summed E-state index contributed by atoms with van der Waals surface area (Å²) >= 11 is 0. The Labute approximate surface area is 144 Å². The second-order valence-electron chi connectivity index (χ2n) is 5.12. The first-order valence-electron chi connectivity index (χ1n) is 7.82. The van der Waals surface area contributed by atoms with Gasteiger partial charge in [-0.3, -0.25) is 4.21 Å². The molecule has 0 aliphatic rings. The molecule has 2 N–H and O–H groups in total. The van der Waals surface area contributed by atoms with E-state index < -0.39 is 10.8 Å². The van der Waals surface area contributed by atoms with Crippen molar-refractivity contribution in [2.45, 2.75) is 5.75 Å². The summed E-state index contributed by atoms with van der Waals surface area (Å²) in [6.07, 6.45) is 0. The van der Waals surface area contributed by atoms with Crippen LogP contribution in [0.3, 0.4) is 0 Å². The van der Waals surface area contributed by atoms with E-state index in [4.69, 9.17) is 4.74 Å². The number of nitrogens with one attached hydrogen (secondary N) is 2. The average molecular weight is 346 g/mol. The van der Waals surface area contributed by atoms with E-state index in [-0.39, 0.29) is 6.03 Å². The van der Waals surface area contributed by atoms with Crippen molar-refractivity contribution in [2.75, 3.05) is 25.4 Å². The van der Waals surface area contributed by atoms with Crippen LogP contribution in [0.2, 0.25) is 0 Å². The number of rotatable bonds is 9. The smallest absolute Gasteiger partial charge is 0.314 e. The first-order valence-corrected chi connectivity index (χ1v) is 9.31. The fourth-order valence-corrected chi connectivity index (χ4v) is 3.06. The summed E-state index contributed by atoms with van der Waals surface area (Å²) in [5.74, 6) is 1.72. The molecule has 0 spiro atoms. The third-order valence-corrected chi connectivity index (χ3v) is 4.50. The summed E-state index contributed by atoms with van der Waals surface area (Å²) in [5, 5.41) is 5.40. The largest absolute Gasteiger partial charge is 0.492 e. The van der Waals surface area contributed by atoms with Gasteiger partial charge in [0.15, 0.2) is 0 Å². The van der Waals surface area contributed by atoms with Crippen molar-refractivity contribution in [3.05, 3.63) is 66.2 Å². The maximum atomic E-state index is 11.9. The van der Waals surface area contributed by atoms with Crippen molar-refractivity contribution < 1.29 is 13.7 Å². The molecule has 2 amide bonds. The zero-order chi connectivity index (χ0) is 17.0. The van der Waals surface area contributed by atoms with Crippen LogP contribution in [0, 0.1) is 0 Å². The molecule has 0 unspecified atom stereocenters. The van der Waals surface area contributed by atoms with Gasteiger partial charge in [-0.2, -0.15) is 0 Å². The van der Waals surface area contributed by atoms with E-state index in [2.05, 4.69) is 10.6 Å². The zero-order valence-electron chi connectivity index (χ0n) is 13.4. The van der Waals surface area contributed by atoms with E-state index in [9.17, 15) is 9.00 Å². The molecule has 0 saturated heterocycles. The summed E-state index contributed by atoms with van der Waals surface area (Å²) in [6.45, 7) is 1.19. The van der Waals surface area contributed by atoms with Gasteiger partial charge in [-0.1, -0.05) is 48.5 Å². The molecule has 2 aromatic carbocycles. The van der Waals surface area contributed by atoms with Gasteiger partial charge in [0, 0.05) is 28.9 Å². The predicted octanol–water partition coefficient (Wildman–Crippen LogP) is 2.31. The van der Waals surface area contributed by atoms with Crippen LogP contribution in [0.25, 0.3) is 0 Å². The monoisotopic (exact) mass is 346 g/mol. The second kappa shape index (κ2) is 10.4. The molecule has 128 valence electrons. The standard InChI is InChI=1S/C18H22N2O3S/c21-18(19-11-13-23-17-9-5-2-6-10-17)20-12-14-24(22)15-16-7-3-1-4-8-16/h1-10H,11-15H2,(H2,19,20,21)/t24-/m1/s1. The van der Waals surface area contributed by atoms with Crippen molar-refractivity contribution in [3.8, 4) is 5.75 Å². The van der Waals surface area contributed by atoms with Crippen molar-refractivity contribution in [1.29, 1.82) is 0 Å². The minimum Gasteiger partial charge on any atom is -0.492 e.